The summed E-state index contributed by atoms with van der Waals surface area (Å²) in [6, 6.07) is 0. The van der Waals surface area contributed by atoms with E-state index in [9.17, 15) is 9.18 Å². The summed E-state index contributed by atoms with van der Waals surface area (Å²) in [5.41, 5.74) is 0. The summed E-state index contributed by atoms with van der Waals surface area (Å²) in [5.74, 6) is -1.31. The summed E-state index contributed by atoms with van der Waals surface area (Å²) in [5, 5.41) is -0.0170. The Balaban J connectivity index is 2.71. The molecule has 0 unspecified atom stereocenters. The van der Waals surface area contributed by atoms with E-state index in [4.69, 9.17) is 11.6 Å². The van der Waals surface area contributed by atoms with Crippen LogP contribution in [0, 0.1) is 5.92 Å². The molecule has 1 rings (SSSR count). The van der Waals surface area contributed by atoms with Crippen LogP contribution >= 0.6 is 11.6 Å². The number of hydrogen-bond donors (Lipinski definition) is 0. The predicted molar refractivity (Wildman–Crippen MR) is 43.3 cm³/mol. The summed E-state index contributed by atoms with van der Waals surface area (Å²) in [4.78, 5) is 10.9. The summed E-state index contributed by atoms with van der Waals surface area (Å²) in [6.45, 7) is 0. The maximum atomic E-state index is 12.6. The lowest BCUT2D eigenvalue weighted by Gasteiger charge is -2.12. The van der Waals surface area contributed by atoms with Crippen molar-refractivity contribution >= 4 is 17.6 Å². The van der Waals surface area contributed by atoms with Crippen molar-refractivity contribution in [3.63, 3.8) is 0 Å². The SMILES string of the molecule is COC(=O)[C@@H]1C=C(Cl)C(F)=CC1. The number of allylic oxidation sites excluding steroid dienone is 3. The predicted octanol–water partition coefficient (Wildman–Crippen LogP) is 2.16. The van der Waals surface area contributed by atoms with Crippen molar-refractivity contribution in [2.75, 3.05) is 7.11 Å². The maximum absolute atomic E-state index is 12.6. The van der Waals surface area contributed by atoms with E-state index >= 15 is 0 Å². The molecule has 0 aliphatic heterocycles. The fourth-order valence-corrected chi connectivity index (χ4v) is 1.20. The Morgan fingerprint density at radius 2 is 2.50 bits per heavy atom. The number of carbonyl (C=O) groups excluding carboxylic acids is 1. The normalized spacial score (nSPS) is 22.8. The topological polar surface area (TPSA) is 26.3 Å². The first-order chi connectivity index (χ1) is 5.65. The van der Waals surface area contributed by atoms with E-state index < -0.39 is 17.7 Å². The number of rotatable bonds is 1. The number of carbonyl (C=O) groups is 1. The fraction of sp³-hybridized carbons (Fsp3) is 0.375. The van der Waals surface area contributed by atoms with Crippen molar-refractivity contribution in [3.8, 4) is 0 Å². The highest BCUT2D eigenvalue weighted by atomic mass is 35.5. The molecule has 2 nitrogen and oxygen atoms in total. The van der Waals surface area contributed by atoms with Crippen molar-refractivity contribution in [1.82, 2.24) is 0 Å². The fourth-order valence-electron chi connectivity index (χ4n) is 0.968. The Bertz CT molecular complexity index is 258. The monoisotopic (exact) mass is 190 g/mol. The largest absolute Gasteiger partial charge is 0.469 e. The zero-order valence-corrected chi connectivity index (χ0v) is 7.27. The van der Waals surface area contributed by atoms with Crippen LogP contribution in [0.4, 0.5) is 4.39 Å². The van der Waals surface area contributed by atoms with E-state index in [-0.39, 0.29) is 5.03 Å². The summed E-state index contributed by atoms with van der Waals surface area (Å²) in [6.07, 6.45) is 2.96. The molecule has 1 atom stereocenters. The minimum atomic E-state index is -0.475. The van der Waals surface area contributed by atoms with Crippen LogP contribution < -0.4 is 0 Å². The lowest BCUT2D eigenvalue weighted by atomic mass is 10.0. The number of ether oxygens (including phenoxy) is 1. The molecule has 0 bridgehead atoms. The van der Waals surface area contributed by atoms with Gasteiger partial charge in [-0.1, -0.05) is 11.6 Å². The Morgan fingerprint density at radius 1 is 1.83 bits per heavy atom. The number of esters is 1. The van der Waals surface area contributed by atoms with Crippen LogP contribution in [-0.4, -0.2) is 13.1 Å². The minimum absolute atomic E-state index is 0.0170. The van der Waals surface area contributed by atoms with Crippen molar-refractivity contribution in [1.29, 1.82) is 0 Å². The van der Waals surface area contributed by atoms with Crippen molar-refractivity contribution in [2.45, 2.75) is 6.42 Å². The molecule has 0 N–H and O–H groups in total. The van der Waals surface area contributed by atoms with Gasteiger partial charge in [-0.15, -0.1) is 0 Å². The summed E-state index contributed by atoms with van der Waals surface area (Å²) < 4.78 is 17.1. The van der Waals surface area contributed by atoms with Crippen LogP contribution in [-0.2, 0) is 9.53 Å². The van der Waals surface area contributed by atoms with Crippen LogP contribution in [0.25, 0.3) is 0 Å². The number of halogens is 2. The van der Waals surface area contributed by atoms with Gasteiger partial charge in [0, 0.05) is 0 Å². The molecule has 66 valence electrons. The molecule has 1 aliphatic carbocycles. The van der Waals surface area contributed by atoms with Gasteiger partial charge in [-0.2, -0.15) is 0 Å². The Hall–Kier alpha value is -0.830. The molecule has 0 aromatic carbocycles. The van der Waals surface area contributed by atoms with E-state index in [0.717, 1.165) is 0 Å². The number of hydrogen-bond acceptors (Lipinski definition) is 2. The molecule has 0 saturated heterocycles. The minimum Gasteiger partial charge on any atom is -0.469 e. The molecule has 0 fully saturated rings. The van der Waals surface area contributed by atoms with Crippen LogP contribution in [0.5, 0.6) is 0 Å². The average Bonchev–Trinajstić information content (AvgIpc) is 2.08. The molecular formula is C8H8ClFO2. The van der Waals surface area contributed by atoms with Gasteiger partial charge in [0.05, 0.1) is 18.1 Å². The number of methoxy groups -OCH3 is 1. The zero-order valence-electron chi connectivity index (χ0n) is 6.51. The zero-order chi connectivity index (χ0) is 9.14. The third kappa shape index (κ3) is 1.85. The van der Waals surface area contributed by atoms with Gasteiger partial charge in [0.15, 0.2) is 0 Å². The van der Waals surface area contributed by atoms with Gasteiger partial charge in [-0.3, -0.25) is 4.79 Å². The molecule has 4 heteroatoms. The summed E-state index contributed by atoms with van der Waals surface area (Å²) >= 11 is 5.47. The Labute approximate surface area is 74.7 Å². The van der Waals surface area contributed by atoms with Crippen molar-refractivity contribution in [3.05, 3.63) is 23.0 Å². The van der Waals surface area contributed by atoms with Crippen LogP contribution in [0.1, 0.15) is 6.42 Å². The molecule has 0 saturated carbocycles. The molecule has 12 heavy (non-hydrogen) atoms. The third-order valence-electron chi connectivity index (χ3n) is 1.63. The first kappa shape index (κ1) is 9.26. The van der Waals surface area contributed by atoms with Gasteiger partial charge in [-0.25, -0.2) is 4.39 Å². The highest BCUT2D eigenvalue weighted by Crippen LogP contribution is 2.26. The first-order valence-corrected chi connectivity index (χ1v) is 3.84. The summed E-state index contributed by atoms with van der Waals surface area (Å²) in [7, 11) is 1.29. The van der Waals surface area contributed by atoms with Crippen LogP contribution in [0.15, 0.2) is 23.0 Å². The van der Waals surface area contributed by atoms with Gasteiger partial charge in [0.1, 0.15) is 5.83 Å². The van der Waals surface area contributed by atoms with Crippen LogP contribution in [0.2, 0.25) is 0 Å². The lowest BCUT2D eigenvalue weighted by Crippen LogP contribution is -2.15. The van der Waals surface area contributed by atoms with Crippen LogP contribution in [0.3, 0.4) is 0 Å². The Morgan fingerprint density at radius 3 is 3.00 bits per heavy atom. The van der Waals surface area contributed by atoms with Gasteiger partial charge >= 0.3 is 5.97 Å². The van der Waals surface area contributed by atoms with Gasteiger partial charge in [0.25, 0.3) is 0 Å². The molecule has 0 amide bonds. The molecule has 0 aromatic rings. The van der Waals surface area contributed by atoms with Gasteiger partial charge in [-0.05, 0) is 18.6 Å². The van der Waals surface area contributed by atoms with Gasteiger partial charge in [0.2, 0.25) is 0 Å². The van der Waals surface area contributed by atoms with Crippen molar-refractivity contribution < 1.29 is 13.9 Å². The molecule has 0 heterocycles. The Kier molecular flexibility index (Phi) is 2.87. The average molecular weight is 191 g/mol. The highest BCUT2D eigenvalue weighted by Gasteiger charge is 2.21. The van der Waals surface area contributed by atoms with E-state index in [1.807, 2.05) is 0 Å². The first-order valence-electron chi connectivity index (χ1n) is 3.46. The highest BCUT2D eigenvalue weighted by molar-refractivity contribution is 6.31. The van der Waals surface area contributed by atoms with Crippen molar-refractivity contribution in [2.24, 2.45) is 5.92 Å². The molecule has 0 spiro atoms. The second kappa shape index (κ2) is 3.72. The van der Waals surface area contributed by atoms with E-state index in [1.54, 1.807) is 0 Å². The van der Waals surface area contributed by atoms with Gasteiger partial charge < -0.3 is 4.74 Å². The lowest BCUT2D eigenvalue weighted by molar-refractivity contribution is -0.143. The second-order valence-electron chi connectivity index (χ2n) is 2.43. The molecule has 0 aromatic heterocycles. The van der Waals surface area contributed by atoms with E-state index in [0.29, 0.717) is 6.42 Å². The smallest absolute Gasteiger partial charge is 0.312 e. The maximum Gasteiger partial charge on any atom is 0.312 e. The third-order valence-corrected chi connectivity index (χ3v) is 1.94. The standard InChI is InChI=1S/C8H8ClFO2/c1-12-8(11)5-2-3-7(10)6(9)4-5/h3-5H,2H2,1H3/t5-/m0/s1. The quantitative estimate of drug-likeness (QED) is 0.593. The van der Waals surface area contributed by atoms with E-state index in [2.05, 4.69) is 4.74 Å². The molecular weight excluding hydrogens is 183 g/mol. The molecule has 0 radical (unpaired) electrons. The van der Waals surface area contributed by atoms with E-state index in [1.165, 1.54) is 19.3 Å². The molecule has 1 aliphatic rings. The second-order valence-corrected chi connectivity index (χ2v) is 2.84.